The van der Waals surface area contributed by atoms with Crippen LogP contribution in [0.1, 0.15) is 39.5 Å². The first-order chi connectivity index (χ1) is 12.1. The van der Waals surface area contributed by atoms with Crippen LogP contribution in [0.15, 0.2) is 24.3 Å². The summed E-state index contributed by atoms with van der Waals surface area (Å²) in [4.78, 5) is 26.8. The van der Waals surface area contributed by atoms with Crippen molar-refractivity contribution in [3.05, 3.63) is 55.9 Å². The number of carbonyl (C=O) groups is 1. The lowest BCUT2D eigenvalue weighted by Gasteiger charge is -2.28. The Morgan fingerprint density at radius 2 is 2.24 bits per heavy atom. The van der Waals surface area contributed by atoms with E-state index in [1.54, 1.807) is 23.5 Å². The van der Waals surface area contributed by atoms with Crippen LogP contribution in [0.25, 0.3) is 0 Å². The van der Waals surface area contributed by atoms with E-state index in [-0.39, 0.29) is 11.6 Å². The highest BCUT2D eigenvalue weighted by Crippen LogP contribution is 2.40. The lowest BCUT2D eigenvalue weighted by Crippen LogP contribution is -2.38. The van der Waals surface area contributed by atoms with E-state index in [2.05, 4.69) is 22.5 Å². The summed E-state index contributed by atoms with van der Waals surface area (Å²) in [5, 5.41) is 18.1. The van der Waals surface area contributed by atoms with E-state index in [0.29, 0.717) is 5.56 Å². The molecule has 1 aromatic heterocycles. The van der Waals surface area contributed by atoms with E-state index in [4.69, 9.17) is 0 Å². The molecule has 0 spiro atoms. The number of nitrogens with one attached hydrogen (secondary N) is 2. The Bertz CT molecular complexity index is 864. The van der Waals surface area contributed by atoms with Crippen LogP contribution in [0.2, 0.25) is 0 Å². The minimum atomic E-state index is -0.456. The third kappa shape index (κ3) is 2.77. The van der Waals surface area contributed by atoms with Gasteiger partial charge >= 0.3 is 0 Å². The minimum absolute atomic E-state index is 0.0170. The van der Waals surface area contributed by atoms with Crippen molar-refractivity contribution in [2.75, 3.05) is 18.4 Å². The molecule has 3 heterocycles. The molecular formula is C17H18N4O3S. The molecule has 0 aliphatic carbocycles. The van der Waals surface area contributed by atoms with Gasteiger partial charge in [0.1, 0.15) is 11.2 Å². The molecule has 25 heavy (non-hydrogen) atoms. The Labute approximate surface area is 148 Å². The van der Waals surface area contributed by atoms with Gasteiger partial charge in [-0.2, -0.15) is 0 Å². The van der Waals surface area contributed by atoms with Crippen molar-refractivity contribution >= 4 is 27.9 Å². The number of nitrogens with zero attached hydrogens (tertiary/aromatic N) is 2. The maximum atomic E-state index is 12.7. The van der Waals surface area contributed by atoms with E-state index >= 15 is 0 Å². The Kier molecular flexibility index (Phi) is 3.93. The molecule has 130 valence electrons. The van der Waals surface area contributed by atoms with Crippen LogP contribution in [0.3, 0.4) is 0 Å². The average molecular weight is 358 g/mol. The van der Waals surface area contributed by atoms with Gasteiger partial charge in [-0.1, -0.05) is 19.1 Å². The summed E-state index contributed by atoms with van der Waals surface area (Å²) in [5.74, 6) is -0.104. The molecular weight excluding hydrogens is 340 g/mol. The Morgan fingerprint density at radius 1 is 1.40 bits per heavy atom. The first-order valence-corrected chi connectivity index (χ1v) is 9.07. The lowest BCUT2D eigenvalue weighted by molar-refractivity contribution is -0.384. The van der Waals surface area contributed by atoms with Crippen LogP contribution in [-0.2, 0) is 13.0 Å². The minimum Gasteiger partial charge on any atom is -0.353 e. The normalized spacial score (nSPS) is 19.6. The highest BCUT2D eigenvalue weighted by molar-refractivity contribution is 7.16. The molecule has 0 saturated carbocycles. The monoisotopic (exact) mass is 358 g/mol. The number of carbonyl (C=O) groups excluding carboxylic acids is 1. The quantitative estimate of drug-likeness (QED) is 0.651. The fourth-order valence-electron chi connectivity index (χ4n) is 3.42. The fourth-order valence-corrected chi connectivity index (χ4v) is 4.74. The highest BCUT2D eigenvalue weighted by Gasteiger charge is 2.33. The summed E-state index contributed by atoms with van der Waals surface area (Å²) in [5.41, 5.74) is 2.59. The van der Waals surface area contributed by atoms with Crippen molar-refractivity contribution in [1.82, 2.24) is 10.2 Å². The summed E-state index contributed by atoms with van der Waals surface area (Å²) >= 11 is 1.62. The Morgan fingerprint density at radius 3 is 3.00 bits per heavy atom. The summed E-state index contributed by atoms with van der Waals surface area (Å²) in [7, 11) is 0. The maximum absolute atomic E-state index is 12.7. The molecule has 2 aliphatic heterocycles. The molecule has 7 nitrogen and oxygen atoms in total. The van der Waals surface area contributed by atoms with Crippen LogP contribution in [-0.4, -0.2) is 28.8 Å². The summed E-state index contributed by atoms with van der Waals surface area (Å²) in [6.07, 6.45) is 0.424. The first-order valence-electron chi connectivity index (χ1n) is 8.25. The van der Waals surface area contributed by atoms with Gasteiger partial charge in [-0.05, 0) is 18.5 Å². The topological polar surface area (TPSA) is 87.5 Å². The van der Waals surface area contributed by atoms with Crippen molar-refractivity contribution in [3.63, 3.8) is 0 Å². The second kappa shape index (κ2) is 6.12. The number of nitro benzene ring substituents is 1. The van der Waals surface area contributed by atoms with E-state index in [0.717, 1.165) is 42.2 Å². The van der Waals surface area contributed by atoms with E-state index in [1.807, 2.05) is 0 Å². The number of nitro groups is 1. The number of likely N-dealkylation sites (N-methyl/N-ethyl adjacent to an activating group) is 1. The highest BCUT2D eigenvalue weighted by atomic mass is 32.1. The zero-order valence-electron chi connectivity index (χ0n) is 13.7. The van der Waals surface area contributed by atoms with Crippen molar-refractivity contribution in [3.8, 4) is 0 Å². The van der Waals surface area contributed by atoms with Gasteiger partial charge in [0.15, 0.2) is 0 Å². The second-order valence-electron chi connectivity index (χ2n) is 6.23. The van der Waals surface area contributed by atoms with Gasteiger partial charge in [0.05, 0.1) is 10.5 Å². The number of rotatable bonds is 3. The predicted octanol–water partition coefficient (Wildman–Crippen LogP) is 2.89. The van der Waals surface area contributed by atoms with Gasteiger partial charge in [0.25, 0.3) is 11.6 Å². The maximum Gasteiger partial charge on any atom is 0.269 e. The molecule has 1 atom stereocenters. The smallest absolute Gasteiger partial charge is 0.269 e. The summed E-state index contributed by atoms with van der Waals surface area (Å²) in [6.45, 7) is 4.98. The molecule has 8 heteroatoms. The number of anilines is 1. The van der Waals surface area contributed by atoms with E-state index < -0.39 is 11.1 Å². The molecule has 0 bridgehead atoms. The first kappa shape index (κ1) is 16.0. The Balaban J connectivity index is 1.66. The SMILES string of the molecule is CCN1CCc2c(sc3c2C(=O)N[C@H](c2cccc([N+](=O)[O-])c2)N3)C1. The Hall–Kier alpha value is -2.45. The molecule has 4 rings (SSSR count). The third-order valence-corrected chi connectivity index (χ3v) is 5.92. The predicted molar refractivity (Wildman–Crippen MR) is 95.9 cm³/mol. The van der Waals surface area contributed by atoms with E-state index in [9.17, 15) is 14.9 Å². The average Bonchev–Trinajstić information content (AvgIpc) is 2.99. The van der Waals surface area contributed by atoms with Crippen LogP contribution in [0.4, 0.5) is 10.7 Å². The molecule has 0 unspecified atom stereocenters. The second-order valence-corrected chi connectivity index (χ2v) is 7.33. The van der Waals surface area contributed by atoms with Gasteiger partial charge in [-0.15, -0.1) is 11.3 Å². The lowest BCUT2D eigenvalue weighted by atomic mass is 10.0. The van der Waals surface area contributed by atoms with Gasteiger partial charge in [-0.3, -0.25) is 19.8 Å². The number of hydrogen-bond donors (Lipinski definition) is 2. The van der Waals surface area contributed by atoms with Gasteiger partial charge < -0.3 is 10.6 Å². The largest absolute Gasteiger partial charge is 0.353 e. The summed E-state index contributed by atoms with van der Waals surface area (Å²) < 4.78 is 0. The zero-order valence-corrected chi connectivity index (χ0v) is 14.6. The molecule has 0 saturated heterocycles. The van der Waals surface area contributed by atoms with Crippen molar-refractivity contribution < 1.29 is 9.72 Å². The number of amides is 1. The molecule has 1 aromatic carbocycles. The molecule has 2 N–H and O–H groups in total. The van der Waals surface area contributed by atoms with Crippen molar-refractivity contribution in [2.24, 2.45) is 0 Å². The van der Waals surface area contributed by atoms with Gasteiger partial charge in [-0.25, -0.2) is 0 Å². The number of thiophene rings is 1. The summed E-state index contributed by atoms with van der Waals surface area (Å²) in [6, 6.07) is 6.36. The fraction of sp³-hybridized carbons (Fsp3) is 0.353. The number of hydrogen-bond acceptors (Lipinski definition) is 6. The van der Waals surface area contributed by atoms with Gasteiger partial charge in [0.2, 0.25) is 0 Å². The van der Waals surface area contributed by atoms with Crippen LogP contribution >= 0.6 is 11.3 Å². The number of benzene rings is 1. The number of non-ortho nitro benzene ring substituents is 1. The van der Waals surface area contributed by atoms with E-state index in [1.165, 1.54) is 17.0 Å². The molecule has 2 aliphatic rings. The van der Waals surface area contributed by atoms with Crippen LogP contribution < -0.4 is 10.6 Å². The van der Waals surface area contributed by atoms with Crippen LogP contribution in [0, 0.1) is 10.1 Å². The van der Waals surface area contributed by atoms with Crippen LogP contribution in [0.5, 0.6) is 0 Å². The van der Waals surface area contributed by atoms with Crippen molar-refractivity contribution in [1.29, 1.82) is 0 Å². The standard InChI is InChI=1S/C17H18N4O3S/c1-2-20-7-6-12-13(9-20)25-17-14(12)16(22)18-15(19-17)10-4-3-5-11(8-10)21(23)24/h3-5,8,15,19H,2,6-7,9H2,1H3,(H,18,22)/t15-/m0/s1. The molecule has 2 aromatic rings. The molecule has 0 radical (unpaired) electrons. The zero-order chi connectivity index (χ0) is 17.6. The van der Waals surface area contributed by atoms with Gasteiger partial charge in [0, 0.05) is 35.7 Å². The van der Waals surface area contributed by atoms with Crippen molar-refractivity contribution in [2.45, 2.75) is 26.1 Å². The number of fused-ring (bicyclic) bond motifs is 3. The third-order valence-electron chi connectivity index (χ3n) is 4.78. The molecule has 1 amide bonds. The molecule has 0 fully saturated rings.